The number of nitrogens with one attached hydrogen (secondary N) is 1. The Hall–Kier alpha value is -1.59. The van der Waals surface area contributed by atoms with Crippen molar-refractivity contribution in [1.29, 1.82) is 0 Å². The van der Waals surface area contributed by atoms with Crippen LogP contribution in [0.4, 0.5) is 17.6 Å². The lowest BCUT2D eigenvalue weighted by atomic mass is 10.1. The third kappa shape index (κ3) is 4.51. The van der Waals surface area contributed by atoms with Gasteiger partial charge in [0, 0.05) is 6.04 Å². The molecule has 1 N–H and O–H groups in total. The van der Waals surface area contributed by atoms with Gasteiger partial charge < -0.3 is 5.32 Å². The van der Waals surface area contributed by atoms with Crippen LogP contribution >= 0.6 is 0 Å². The average molecular weight is 291 g/mol. The minimum absolute atomic E-state index is 0.212. The number of amides is 1. The van der Waals surface area contributed by atoms with E-state index in [4.69, 9.17) is 0 Å². The number of hydrogen-bond acceptors (Lipinski definition) is 1. The zero-order valence-electron chi connectivity index (χ0n) is 11.4. The monoisotopic (exact) mass is 291 g/mol. The molecule has 0 spiro atoms. The number of carbonyl (C=O) groups is 1. The molecular formula is C14H17F4NO. The first-order valence-corrected chi connectivity index (χ1v) is 6.43. The number of alkyl halides is 3. The fraction of sp³-hybridized carbons (Fsp3) is 0.500. The quantitative estimate of drug-likeness (QED) is 0.811. The third-order valence-corrected chi connectivity index (χ3v) is 2.91. The molecule has 0 fully saturated rings. The number of benzene rings is 1. The molecule has 1 aromatic carbocycles. The van der Waals surface area contributed by atoms with E-state index in [1.165, 1.54) is 0 Å². The van der Waals surface area contributed by atoms with E-state index in [-0.39, 0.29) is 6.04 Å². The summed E-state index contributed by atoms with van der Waals surface area (Å²) in [5, 5.41) is 2.50. The van der Waals surface area contributed by atoms with Crippen LogP contribution in [-0.4, -0.2) is 11.9 Å². The van der Waals surface area contributed by atoms with Crippen LogP contribution in [0.25, 0.3) is 0 Å². The van der Waals surface area contributed by atoms with Gasteiger partial charge in [-0.05, 0) is 31.5 Å². The van der Waals surface area contributed by atoms with Crippen molar-refractivity contribution < 1.29 is 22.4 Å². The zero-order chi connectivity index (χ0) is 15.3. The Bertz CT molecular complexity index is 471. The molecule has 1 rings (SSSR count). The Morgan fingerprint density at radius 2 is 2.00 bits per heavy atom. The van der Waals surface area contributed by atoms with E-state index < -0.39 is 29.0 Å². The summed E-state index contributed by atoms with van der Waals surface area (Å²) in [6, 6.07) is 1.61. The van der Waals surface area contributed by atoms with Gasteiger partial charge in [0.05, 0.1) is 11.1 Å². The van der Waals surface area contributed by atoms with Crippen molar-refractivity contribution in [2.75, 3.05) is 0 Å². The maximum Gasteiger partial charge on any atom is 0.416 e. The fourth-order valence-electron chi connectivity index (χ4n) is 1.76. The molecule has 0 bridgehead atoms. The van der Waals surface area contributed by atoms with Crippen LogP contribution in [0.3, 0.4) is 0 Å². The van der Waals surface area contributed by atoms with Crippen LogP contribution in [0.2, 0.25) is 0 Å². The lowest BCUT2D eigenvalue weighted by molar-refractivity contribution is -0.137. The summed E-state index contributed by atoms with van der Waals surface area (Å²) >= 11 is 0. The lowest BCUT2D eigenvalue weighted by Crippen LogP contribution is -2.33. The third-order valence-electron chi connectivity index (χ3n) is 2.91. The van der Waals surface area contributed by atoms with E-state index >= 15 is 0 Å². The van der Waals surface area contributed by atoms with E-state index in [0.29, 0.717) is 24.6 Å². The summed E-state index contributed by atoms with van der Waals surface area (Å²) in [5.41, 5.74) is -1.62. The first kappa shape index (κ1) is 16.5. The van der Waals surface area contributed by atoms with Gasteiger partial charge in [-0.25, -0.2) is 4.39 Å². The molecule has 0 aromatic heterocycles. The molecule has 1 unspecified atom stereocenters. The summed E-state index contributed by atoms with van der Waals surface area (Å²) in [6.45, 7) is 3.72. The number of rotatable bonds is 5. The van der Waals surface area contributed by atoms with Gasteiger partial charge in [-0.3, -0.25) is 4.79 Å². The smallest absolute Gasteiger partial charge is 0.349 e. The van der Waals surface area contributed by atoms with Gasteiger partial charge in [-0.15, -0.1) is 0 Å². The Kier molecular flexibility index (Phi) is 5.53. The lowest BCUT2D eigenvalue weighted by Gasteiger charge is -2.15. The summed E-state index contributed by atoms with van der Waals surface area (Å²) in [5.74, 6) is -1.78. The van der Waals surface area contributed by atoms with Crippen LogP contribution in [0.15, 0.2) is 18.2 Å². The topological polar surface area (TPSA) is 29.1 Å². The molecule has 0 radical (unpaired) electrons. The maximum absolute atomic E-state index is 13.5. The normalized spacial score (nSPS) is 13.1. The molecule has 1 amide bonds. The minimum Gasteiger partial charge on any atom is -0.349 e. The molecule has 0 saturated heterocycles. The minimum atomic E-state index is -4.60. The highest BCUT2D eigenvalue weighted by Crippen LogP contribution is 2.30. The van der Waals surface area contributed by atoms with E-state index in [1.54, 1.807) is 6.92 Å². The molecule has 1 atom stereocenters. The standard InChI is InChI=1S/C14H17F4NO/c1-3-4-5-9(2)19-13(20)11-8-10(14(16,17)18)6-7-12(11)15/h6-9H,3-5H2,1-2H3,(H,19,20). The number of carbonyl (C=O) groups excluding carboxylic acids is 1. The number of unbranched alkanes of at least 4 members (excludes halogenated alkanes) is 1. The van der Waals surface area contributed by atoms with Crippen molar-refractivity contribution in [1.82, 2.24) is 5.32 Å². The molecule has 2 nitrogen and oxygen atoms in total. The molecule has 0 aliphatic carbocycles. The van der Waals surface area contributed by atoms with E-state index in [0.717, 1.165) is 12.8 Å². The van der Waals surface area contributed by atoms with Crippen LogP contribution in [0, 0.1) is 5.82 Å². The molecule has 112 valence electrons. The summed E-state index contributed by atoms with van der Waals surface area (Å²) < 4.78 is 51.1. The van der Waals surface area contributed by atoms with Crippen molar-refractivity contribution in [2.45, 2.75) is 45.3 Å². The zero-order valence-corrected chi connectivity index (χ0v) is 11.4. The Balaban J connectivity index is 2.87. The second kappa shape index (κ2) is 6.72. The maximum atomic E-state index is 13.5. The highest BCUT2D eigenvalue weighted by molar-refractivity contribution is 5.94. The molecule has 1 aromatic rings. The van der Waals surface area contributed by atoms with Crippen molar-refractivity contribution >= 4 is 5.91 Å². The van der Waals surface area contributed by atoms with Gasteiger partial charge in [0.1, 0.15) is 5.82 Å². The van der Waals surface area contributed by atoms with Gasteiger partial charge >= 0.3 is 6.18 Å². The van der Waals surface area contributed by atoms with Crippen LogP contribution in [-0.2, 0) is 6.18 Å². The molecule has 0 aliphatic heterocycles. The SMILES string of the molecule is CCCCC(C)NC(=O)c1cc(C(F)(F)F)ccc1F. The molecule has 0 heterocycles. The summed E-state index contributed by atoms with van der Waals surface area (Å²) in [4.78, 5) is 11.8. The van der Waals surface area contributed by atoms with Crippen LogP contribution < -0.4 is 5.32 Å². The first-order valence-electron chi connectivity index (χ1n) is 6.43. The predicted octanol–water partition coefficient (Wildman–Crippen LogP) is 4.15. The largest absolute Gasteiger partial charge is 0.416 e. The number of hydrogen-bond donors (Lipinski definition) is 1. The van der Waals surface area contributed by atoms with Crippen molar-refractivity contribution in [2.24, 2.45) is 0 Å². The highest BCUT2D eigenvalue weighted by Gasteiger charge is 2.32. The van der Waals surface area contributed by atoms with Crippen LogP contribution in [0.1, 0.15) is 49.0 Å². The van der Waals surface area contributed by atoms with E-state index in [2.05, 4.69) is 5.32 Å². The van der Waals surface area contributed by atoms with Gasteiger partial charge in [-0.1, -0.05) is 19.8 Å². The second-order valence-corrected chi connectivity index (χ2v) is 4.71. The van der Waals surface area contributed by atoms with Gasteiger partial charge in [0.15, 0.2) is 0 Å². The average Bonchev–Trinajstić information content (AvgIpc) is 2.35. The van der Waals surface area contributed by atoms with Crippen molar-refractivity contribution in [3.05, 3.63) is 35.1 Å². The van der Waals surface area contributed by atoms with E-state index in [1.807, 2.05) is 6.92 Å². The fourth-order valence-corrected chi connectivity index (χ4v) is 1.76. The Morgan fingerprint density at radius 3 is 2.55 bits per heavy atom. The summed E-state index contributed by atoms with van der Waals surface area (Å²) in [7, 11) is 0. The predicted molar refractivity (Wildman–Crippen MR) is 67.9 cm³/mol. The molecule has 0 aliphatic rings. The molecule has 0 saturated carbocycles. The van der Waals surface area contributed by atoms with Gasteiger partial charge in [-0.2, -0.15) is 13.2 Å². The molecule has 6 heteroatoms. The van der Waals surface area contributed by atoms with Crippen LogP contribution in [0.5, 0.6) is 0 Å². The Labute approximate surface area is 115 Å². The Morgan fingerprint density at radius 1 is 1.35 bits per heavy atom. The molecular weight excluding hydrogens is 274 g/mol. The van der Waals surface area contributed by atoms with Gasteiger partial charge in [0.2, 0.25) is 0 Å². The second-order valence-electron chi connectivity index (χ2n) is 4.71. The van der Waals surface area contributed by atoms with Crippen molar-refractivity contribution in [3.8, 4) is 0 Å². The molecule has 20 heavy (non-hydrogen) atoms. The van der Waals surface area contributed by atoms with Gasteiger partial charge in [0.25, 0.3) is 5.91 Å². The number of halogens is 4. The first-order chi connectivity index (χ1) is 9.25. The van der Waals surface area contributed by atoms with E-state index in [9.17, 15) is 22.4 Å². The summed E-state index contributed by atoms with van der Waals surface area (Å²) in [6.07, 6.45) is -2.08. The highest BCUT2D eigenvalue weighted by atomic mass is 19.4. The van der Waals surface area contributed by atoms with Crippen molar-refractivity contribution in [3.63, 3.8) is 0 Å².